The molecular formula is C13H14N2O5. The van der Waals surface area contributed by atoms with Crippen LogP contribution in [-0.4, -0.2) is 36.2 Å². The Labute approximate surface area is 114 Å². The van der Waals surface area contributed by atoms with Crippen LogP contribution in [0.5, 0.6) is 0 Å². The van der Waals surface area contributed by atoms with E-state index >= 15 is 0 Å². The van der Waals surface area contributed by atoms with Crippen molar-refractivity contribution in [2.24, 2.45) is 0 Å². The summed E-state index contributed by atoms with van der Waals surface area (Å²) in [5.41, 5.74) is -0.742. The molecule has 3 amide bonds. The normalized spacial score (nSPS) is 21.4. The van der Waals surface area contributed by atoms with E-state index in [1.807, 2.05) is 0 Å². The second-order valence-electron chi connectivity index (χ2n) is 4.33. The number of nitrogens with one attached hydrogen (secondary N) is 2. The summed E-state index contributed by atoms with van der Waals surface area (Å²) in [6, 6.07) is 5.14. The van der Waals surface area contributed by atoms with Gasteiger partial charge in [-0.2, -0.15) is 0 Å². The van der Waals surface area contributed by atoms with E-state index in [2.05, 4.69) is 10.6 Å². The first-order chi connectivity index (χ1) is 9.49. The van der Waals surface area contributed by atoms with Crippen LogP contribution in [0, 0.1) is 0 Å². The maximum atomic E-state index is 12.0. The van der Waals surface area contributed by atoms with Gasteiger partial charge in [-0.1, -0.05) is 12.1 Å². The van der Waals surface area contributed by atoms with Crippen molar-refractivity contribution in [3.05, 3.63) is 35.4 Å². The Bertz CT molecular complexity index is 554. The van der Waals surface area contributed by atoms with Crippen molar-refractivity contribution in [1.29, 1.82) is 0 Å². The molecule has 1 aliphatic heterocycles. The first-order valence-electron chi connectivity index (χ1n) is 6.05. The molecule has 7 heteroatoms. The number of carboxylic acid groups (broad SMARTS) is 1. The molecule has 0 aromatic heterocycles. The lowest BCUT2D eigenvalue weighted by atomic mass is 9.90. The number of carbonyl (C=O) groups is 3. The Balaban J connectivity index is 2.38. The number of ether oxygens (including phenoxy) is 1. The van der Waals surface area contributed by atoms with Crippen LogP contribution in [0.3, 0.4) is 0 Å². The van der Waals surface area contributed by atoms with Gasteiger partial charge in [0.15, 0.2) is 5.54 Å². The van der Waals surface area contributed by atoms with Gasteiger partial charge in [-0.05, 0) is 24.6 Å². The summed E-state index contributed by atoms with van der Waals surface area (Å²) in [6.07, 6.45) is 0. The van der Waals surface area contributed by atoms with E-state index < -0.39 is 23.4 Å². The molecule has 1 fully saturated rings. The third-order valence-electron chi connectivity index (χ3n) is 3.09. The molecule has 0 bridgehead atoms. The van der Waals surface area contributed by atoms with E-state index in [-0.39, 0.29) is 12.2 Å². The number of amides is 3. The first-order valence-corrected chi connectivity index (χ1v) is 6.05. The van der Waals surface area contributed by atoms with Crippen LogP contribution >= 0.6 is 0 Å². The van der Waals surface area contributed by atoms with Gasteiger partial charge in [0, 0.05) is 6.61 Å². The molecular weight excluding hydrogens is 264 g/mol. The number of hydrogen-bond acceptors (Lipinski definition) is 4. The lowest BCUT2D eigenvalue weighted by Crippen LogP contribution is -2.48. The summed E-state index contributed by atoms with van der Waals surface area (Å²) >= 11 is 0. The molecule has 1 aromatic carbocycles. The average molecular weight is 278 g/mol. The van der Waals surface area contributed by atoms with Crippen molar-refractivity contribution >= 4 is 17.9 Å². The quantitative estimate of drug-likeness (QED) is 0.678. The Morgan fingerprint density at radius 3 is 2.40 bits per heavy atom. The molecule has 0 aliphatic carbocycles. The van der Waals surface area contributed by atoms with Gasteiger partial charge in [0.05, 0.1) is 12.2 Å². The van der Waals surface area contributed by atoms with E-state index in [4.69, 9.17) is 9.84 Å². The largest absolute Gasteiger partial charge is 0.478 e. The summed E-state index contributed by atoms with van der Waals surface area (Å²) in [4.78, 5) is 34.3. The molecule has 1 atom stereocenters. The summed E-state index contributed by atoms with van der Waals surface area (Å²) in [5, 5.41) is 13.6. The number of benzene rings is 1. The second kappa shape index (κ2) is 5.30. The van der Waals surface area contributed by atoms with Crippen molar-refractivity contribution in [2.45, 2.75) is 12.5 Å². The molecule has 0 radical (unpaired) electrons. The van der Waals surface area contributed by atoms with Gasteiger partial charge in [0.1, 0.15) is 0 Å². The fourth-order valence-electron chi connectivity index (χ4n) is 2.03. The summed E-state index contributed by atoms with van der Waals surface area (Å²) < 4.78 is 5.28. The number of carboxylic acids is 1. The Hall–Kier alpha value is -2.41. The summed E-state index contributed by atoms with van der Waals surface area (Å²) in [7, 11) is 0. The summed E-state index contributed by atoms with van der Waals surface area (Å²) in [5.74, 6) is -1.57. The van der Waals surface area contributed by atoms with E-state index in [9.17, 15) is 14.4 Å². The molecule has 0 spiro atoms. The zero-order valence-corrected chi connectivity index (χ0v) is 10.8. The molecule has 2 rings (SSSR count). The lowest BCUT2D eigenvalue weighted by molar-refractivity contribution is -0.126. The van der Waals surface area contributed by atoms with Gasteiger partial charge in [-0.15, -0.1) is 0 Å². The molecule has 1 aromatic rings. The maximum absolute atomic E-state index is 12.0. The number of rotatable bonds is 5. The fourth-order valence-corrected chi connectivity index (χ4v) is 2.03. The van der Waals surface area contributed by atoms with E-state index in [0.717, 1.165) is 0 Å². The topological polar surface area (TPSA) is 105 Å². The fraction of sp³-hybridized carbons (Fsp3) is 0.308. The van der Waals surface area contributed by atoms with Crippen molar-refractivity contribution in [2.75, 3.05) is 13.2 Å². The minimum absolute atomic E-state index is 0.0203. The van der Waals surface area contributed by atoms with Gasteiger partial charge in [-0.25, -0.2) is 9.59 Å². The third kappa shape index (κ3) is 2.35. The third-order valence-corrected chi connectivity index (χ3v) is 3.09. The molecule has 0 saturated carbocycles. The Morgan fingerprint density at radius 2 is 1.95 bits per heavy atom. The molecule has 20 heavy (non-hydrogen) atoms. The van der Waals surface area contributed by atoms with Crippen LogP contribution in [-0.2, 0) is 15.1 Å². The minimum atomic E-state index is -1.32. The van der Waals surface area contributed by atoms with Crippen LogP contribution in [0.4, 0.5) is 4.79 Å². The van der Waals surface area contributed by atoms with Crippen LogP contribution < -0.4 is 10.6 Å². The Morgan fingerprint density at radius 1 is 1.30 bits per heavy atom. The van der Waals surface area contributed by atoms with Crippen molar-refractivity contribution in [3.63, 3.8) is 0 Å². The average Bonchev–Trinajstić information content (AvgIpc) is 2.72. The standard InChI is InChI=1S/C13H14N2O5/c1-2-20-7-13(11(18)14-12(19)15-13)9-5-3-8(4-6-9)10(16)17/h3-6H,2,7H2,1H3,(H,16,17)(H2,14,15,18,19). The van der Waals surface area contributed by atoms with Crippen LogP contribution in [0.1, 0.15) is 22.8 Å². The van der Waals surface area contributed by atoms with Gasteiger partial charge in [0.2, 0.25) is 0 Å². The first kappa shape index (κ1) is 14.0. The predicted octanol–water partition coefficient (Wildman–Crippen LogP) is 0.456. The molecule has 7 nitrogen and oxygen atoms in total. The number of hydrogen-bond donors (Lipinski definition) is 3. The number of carbonyl (C=O) groups excluding carboxylic acids is 2. The van der Waals surface area contributed by atoms with Gasteiger partial charge >= 0.3 is 12.0 Å². The predicted molar refractivity (Wildman–Crippen MR) is 68.2 cm³/mol. The van der Waals surface area contributed by atoms with Gasteiger partial charge in [0.25, 0.3) is 5.91 Å². The number of imide groups is 1. The molecule has 3 N–H and O–H groups in total. The minimum Gasteiger partial charge on any atom is -0.478 e. The van der Waals surface area contributed by atoms with Gasteiger partial charge in [-0.3, -0.25) is 10.1 Å². The van der Waals surface area contributed by atoms with E-state index in [0.29, 0.717) is 12.2 Å². The maximum Gasteiger partial charge on any atom is 0.335 e. The summed E-state index contributed by atoms with van der Waals surface area (Å²) in [6.45, 7) is 2.14. The number of urea groups is 1. The second-order valence-corrected chi connectivity index (χ2v) is 4.33. The molecule has 1 aliphatic rings. The zero-order valence-electron chi connectivity index (χ0n) is 10.8. The number of aromatic carboxylic acids is 1. The van der Waals surface area contributed by atoms with E-state index in [1.165, 1.54) is 24.3 Å². The van der Waals surface area contributed by atoms with Crippen LogP contribution in [0.2, 0.25) is 0 Å². The molecule has 1 saturated heterocycles. The lowest BCUT2D eigenvalue weighted by Gasteiger charge is -2.26. The van der Waals surface area contributed by atoms with Crippen molar-refractivity contribution in [3.8, 4) is 0 Å². The highest BCUT2D eigenvalue weighted by Crippen LogP contribution is 2.26. The highest BCUT2D eigenvalue weighted by molar-refractivity contribution is 6.07. The van der Waals surface area contributed by atoms with E-state index in [1.54, 1.807) is 6.92 Å². The monoisotopic (exact) mass is 278 g/mol. The highest BCUT2D eigenvalue weighted by atomic mass is 16.5. The molecule has 106 valence electrons. The zero-order chi connectivity index (χ0) is 14.8. The van der Waals surface area contributed by atoms with Crippen molar-refractivity contribution in [1.82, 2.24) is 10.6 Å². The Kier molecular flexibility index (Phi) is 3.71. The van der Waals surface area contributed by atoms with Crippen LogP contribution in [0.15, 0.2) is 24.3 Å². The van der Waals surface area contributed by atoms with Crippen LogP contribution in [0.25, 0.3) is 0 Å². The van der Waals surface area contributed by atoms with Gasteiger partial charge < -0.3 is 15.2 Å². The smallest absolute Gasteiger partial charge is 0.335 e. The molecule has 1 unspecified atom stereocenters. The molecule has 1 heterocycles. The van der Waals surface area contributed by atoms with Crippen molar-refractivity contribution < 1.29 is 24.2 Å². The SMILES string of the molecule is CCOCC1(c2ccc(C(=O)O)cc2)NC(=O)NC1=O. The highest BCUT2D eigenvalue weighted by Gasteiger charge is 2.48.